The molecule has 1 aliphatic heterocycles. The van der Waals surface area contributed by atoms with Crippen LogP contribution < -0.4 is 15.8 Å². The largest absolute Gasteiger partial charge is 0.493 e. The molecule has 1 aromatic carbocycles. The van der Waals surface area contributed by atoms with E-state index in [1.165, 1.54) is 11.1 Å². The van der Waals surface area contributed by atoms with E-state index in [0.717, 1.165) is 6.07 Å². The summed E-state index contributed by atoms with van der Waals surface area (Å²) in [5, 5.41) is 18.1. The first-order valence-electron chi connectivity index (χ1n) is 7.56. The van der Waals surface area contributed by atoms with Gasteiger partial charge < -0.3 is 15.8 Å². The zero-order chi connectivity index (χ0) is 17.7. The van der Waals surface area contributed by atoms with Crippen LogP contribution in [0.1, 0.15) is 30.1 Å². The molecular formula is C14H19N5O5. The van der Waals surface area contributed by atoms with Gasteiger partial charge in [-0.05, 0) is 19.8 Å². The zero-order valence-corrected chi connectivity index (χ0v) is 13.2. The summed E-state index contributed by atoms with van der Waals surface area (Å²) in [5.41, 5.74) is 5.29. The van der Waals surface area contributed by atoms with Crippen molar-refractivity contribution in [1.29, 1.82) is 0 Å². The first-order chi connectivity index (χ1) is 11.5. The average molecular weight is 337 g/mol. The van der Waals surface area contributed by atoms with Crippen molar-refractivity contribution in [2.75, 3.05) is 25.4 Å². The van der Waals surface area contributed by atoms with Crippen molar-refractivity contribution in [3.8, 4) is 5.75 Å². The van der Waals surface area contributed by atoms with Crippen LogP contribution in [-0.4, -0.2) is 41.6 Å². The minimum atomic E-state index is -0.643. The van der Waals surface area contributed by atoms with Gasteiger partial charge in [0.2, 0.25) is 0 Å². The number of carbonyl (C=O) groups is 1. The van der Waals surface area contributed by atoms with Gasteiger partial charge in [0.1, 0.15) is 11.4 Å². The van der Waals surface area contributed by atoms with Crippen LogP contribution in [0.5, 0.6) is 5.75 Å². The third-order valence-corrected chi connectivity index (χ3v) is 3.79. The highest BCUT2D eigenvalue weighted by atomic mass is 16.6. The molecule has 10 nitrogen and oxygen atoms in total. The van der Waals surface area contributed by atoms with Crippen LogP contribution in [0, 0.1) is 15.0 Å². The molecule has 1 aromatic rings. The molecular weight excluding hydrogens is 318 g/mol. The summed E-state index contributed by atoms with van der Waals surface area (Å²) in [5.74, 6) is -0.274. The summed E-state index contributed by atoms with van der Waals surface area (Å²) in [6.07, 6.45) is 1.14. The van der Waals surface area contributed by atoms with Crippen molar-refractivity contribution < 1.29 is 14.5 Å². The number of nitrogens with one attached hydrogen (secondary N) is 1. The zero-order valence-electron chi connectivity index (χ0n) is 13.2. The number of ether oxygens (including phenoxy) is 1. The SMILES string of the molecule is CCOc1cc(N)c([N+](=O)[O-])cc1C(=O)NC1CCN(N=O)CC1. The highest BCUT2D eigenvalue weighted by Gasteiger charge is 2.25. The number of anilines is 1. The summed E-state index contributed by atoms with van der Waals surface area (Å²) in [7, 11) is 0. The Balaban J connectivity index is 2.19. The quantitative estimate of drug-likeness (QED) is 0.346. The molecule has 1 aliphatic rings. The lowest BCUT2D eigenvalue weighted by Gasteiger charge is -2.28. The van der Waals surface area contributed by atoms with Crippen molar-refractivity contribution in [3.05, 3.63) is 32.7 Å². The van der Waals surface area contributed by atoms with Gasteiger partial charge in [-0.15, -0.1) is 4.91 Å². The molecule has 10 heteroatoms. The van der Waals surface area contributed by atoms with Crippen LogP contribution in [0.25, 0.3) is 0 Å². The number of nitrogen functional groups attached to an aromatic ring is 1. The number of hydrogen-bond donors (Lipinski definition) is 2. The van der Waals surface area contributed by atoms with E-state index in [9.17, 15) is 19.8 Å². The van der Waals surface area contributed by atoms with Crippen molar-refractivity contribution >= 4 is 17.3 Å². The number of nitrogens with two attached hydrogens (primary N) is 1. The topological polar surface area (TPSA) is 140 Å². The fourth-order valence-electron chi connectivity index (χ4n) is 2.55. The summed E-state index contributed by atoms with van der Waals surface area (Å²) in [6.45, 7) is 2.94. The minimum Gasteiger partial charge on any atom is -0.493 e. The number of hydrogen-bond acceptors (Lipinski definition) is 7. The second-order valence-corrected chi connectivity index (χ2v) is 5.38. The number of nitrogens with zero attached hydrogens (tertiary/aromatic N) is 3. The van der Waals surface area contributed by atoms with E-state index >= 15 is 0 Å². The predicted molar refractivity (Wildman–Crippen MR) is 86.5 cm³/mol. The maximum Gasteiger partial charge on any atom is 0.293 e. The molecule has 0 radical (unpaired) electrons. The standard InChI is InChI=1S/C14H19N5O5/c1-2-24-13-8-11(15)12(19(22)23)7-10(13)14(20)16-9-3-5-18(17-21)6-4-9/h7-9H,2-6,15H2,1H3,(H,16,20). The second kappa shape index (κ2) is 7.57. The van der Waals surface area contributed by atoms with Crippen LogP contribution in [0.4, 0.5) is 11.4 Å². The molecule has 0 unspecified atom stereocenters. The van der Waals surface area contributed by atoms with Crippen LogP contribution in [0.15, 0.2) is 17.4 Å². The van der Waals surface area contributed by atoms with E-state index in [1.807, 2.05) is 0 Å². The Hall–Kier alpha value is -2.91. The number of nitro groups is 1. The van der Waals surface area contributed by atoms with Crippen LogP contribution >= 0.6 is 0 Å². The van der Waals surface area contributed by atoms with Gasteiger partial charge in [0.25, 0.3) is 11.6 Å². The van der Waals surface area contributed by atoms with Crippen LogP contribution in [-0.2, 0) is 0 Å². The monoisotopic (exact) mass is 337 g/mol. The van der Waals surface area contributed by atoms with E-state index in [-0.39, 0.29) is 28.7 Å². The molecule has 2 rings (SSSR count). The molecule has 1 saturated heterocycles. The highest BCUT2D eigenvalue weighted by molar-refractivity contribution is 5.98. The van der Waals surface area contributed by atoms with E-state index < -0.39 is 10.8 Å². The van der Waals surface area contributed by atoms with Gasteiger partial charge in [-0.1, -0.05) is 0 Å². The molecule has 1 amide bonds. The van der Waals surface area contributed by atoms with Crippen molar-refractivity contribution in [2.24, 2.45) is 5.29 Å². The van der Waals surface area contributed by atoms with E-state index in [2.05, 4.69) is 10.6 Å². The Morgan fingerprint density at radius 3 is 2.71 bits per heavy atom. The second-order valence-electron chi connectivity index (χ2n) is 5.38. The lowest BCUT2D eigenvalue weighted by molar-refractivity contribution is -0.383. The van der Waals surface area contributed by atoms with Gasteiger partial charge in [0.05, 0.1) is 22.4 Å². The Kier molecular flexibility index (Phi) is 5.51. The number of amides is 1. The summed E-state index contributed by atoms with van der Waals surface area (Å²) >= 11 is 0. The van der Waals surface area contributed by atoms with Crippen molar-refractivity contribution in [1.82, 2.24) is 10.3 Å². The average Bonchev–Trinajstić information content (AvgIpc) is 2.55. The van der Waals surface area contributed by atoms with Gasteiger partial charge in [-0.3, -0.25) is 19.9 Å². The molecule has 1 fully saturated rings. The molecule has 0 spiro atoms. The van der Waals surface area contributed by atoms with E-state index in [1.54, 1.807) is 6.92 Å². The molecule has 0 aliphatic carbocycles. The summed E-state index contributed by atoms with van der Waals surface area (Å²) < 4.78 is 5.37. The van der Waals surface area contributed by atoms with Gasteiger partial charge in [-0.25, -0.2) is 0 Å². The number of rotatable bonds is 6. The molecule has 1 heterocycles. The molecule has 0 bridgehead atoms. The maximum atomic E-state index is 12.5. The summed E-state index contributed by atoms with van der Waals surface area (Å²) in [6, 6.07) is 2.27. The molecule has 0 saturated carbocycles. The number of piperidine rings is 1. The van der Waals surface area contributed by atoms with E-state index in [4.69, 9.17) is 10.5 Å². The number of nitro benzene ring substituents is 1. The number of benzene rings is 1. The Bertz CT molecular complexity index is 643. The minimum absolute atomic E-state index is 0.0636. The number of nitroso groups, excluding NO2 is 1. The van der Waals surface area contributed by atoms with E-state index in [0.29, 0.717) is 32.5 Å². The smallest absolute Gasteiger partial charge is 0.293 e. The van der Waals surface area contributed by atoms with Crippen LogP contribution in [0.3, 0.4) is 0 Å². The van der Waals surface area contributed by atoms with Gasteiger partial charge >= 0.3 is 0 Å². The fourth-order valence-corrected chi connectivity index (χ4v) is 2.55. The fraction of sp³-hybridized carbons (Fsp3) is 0.500. The first kappa shape index (κ1) is 17.4. The van der Waals surface area contributed by atoms with Crippen LogP contribution in [0.2, 0.25) is 0 Å². The molecule has 130 valence electrons. The Morgan fingerprint density at radius 2 is 2.17 bits per heavy atom. The molecule has 0 atom stereocenters. The van der Waals surface area contributed by atoms with Crippen molar-refractivity contribution in [2.45, 2.75) is 25.8 Å². The summed E-state index contributed by atoms with van der Waals surface area (Å²) in [4.78, 5) is 33.3. The van der Waals surface area contributed by atoms with Gasteiger partial charge in [0, 0.05) is 31.3 Å². The Labute approximate surface area is 138 Å². The Morgan fingerprint density at radius 1 is 1.50 bits per heavy atom. The normalized spacial score (nSPS) is 15.0. The lowest BCUT2D eigenvalue weighted by atomic mass is 10.0. The lowest BCUT2D eigenvalue weighted by Crippen LogP contribution is -2.43. The molecule has 24 heavy (non-hydrogen) atoms. The third kappa shape index (κ3) is 3.89. The third-order valence-electron chi connectivity index (χ3n) is 3.79. The van der Waals surface area contributed by atoms with Gasteiger partial charge in [-0.2, -0.15) is 0 Å². The highest BCUT2D eigenvalue weighted by Crippen LogP contribution is 2.31. The molecule has 3 N–H and O–H groups in total. The van der Waals surface area contributed by atoms with Crippen molar-refractivity contribution in [3.63, 3.8) is 0 Å². The molecule has 0 aromatic heterocycles. The maximum absolute atomic E-state index is 12.5. The first-order valence-corrected chi connectivity index (χ1v) is 7.56. The van der Waals surface area contributed by atoms with Gasteiger partial charge in [0.15, 0.2) is 0 Å². The number of carbonyl (C=O) groups excluding carboxylic acids is 1. The predicted octanol–water partition coefficient (Wildman–Crippen LogP) is 1.45.